The molecule has 0 aromatic heterocycles. The highest BCUT2D eigenvalue weighted by Gasteiger charge is 2.68. The number of rotatable bonds is 10. The first-order chi connectivity index (χ1) is 20.2. The van der Waals surface area contributed by atoms with Crippen LogP contribution >= 0.6 is 0 Å². The molecule has 8 atom stereocenters. The van der Waals surface area contributed by atoms with Crippen molar-refractivity contribution in [3.8, 4) is 0 Å². The van der Waals surface area contributed by atoms with Crippen LogP contribution in [-0.2, 0) is 9.53 Å². The minimum absolute atomic E-state index is 0.00103. The van der Waals surface area contributed by atoms with E-state index in [1.165, 1.54) is 89.9 Å². The van der Waals surface area contributed by atoms with Crippen molar-refractivity contribution in [3.05, 3.63) is 11.6 Å². The topological polar surface area (TPSA) is 46.5 Å². The number of hydrogen-bond acceptors (Lipinski definition) is 3. The second-order valence-electron chi connectivity index (χ2n) is 18.4. The fourth-order valence-corrected chi connectivity index (χ4v) is 12.3. The zero-order chi connectivity index (χ0) is 31.3. The van der Waals surface area contributed by atoms with Gasteiger partial charge in [0.25, 0.3) is 0 Å². The third kappa shape index (κ3) is 5.60. The van der Waals surface area contributed by atoms with Crippen LogP contribution in [0.4, 0.5) is 0 Å². The number of fused-ring (bicyclic) bond motifs is 7. The average molecular weight is 597 g/mol. The third-order valence-corrected chi connectivity index (χ3v) is 15.3. The van der Waals surface area contributed by atoms with E-state index in [9.17, 15) is 9.90 Å². The summed E-state index contributed by atoms with van der Waals surface area (Å²) in [6, 6.07) is 0. The number of esters is 1. The van der Waals surface area contributed by atoms with Crippen molar-refractivity contribution in [1.82, 2.24) is 0 Å². The van der Waals surface area contributed by atoms with Gasteiger partial charge in [-0.05, 0) is 110 Å². The molecule has 0 aliphatic heterocycles. The molecule has 3 nitrogen and oxygen atoms in total. The second-order valence-corrected chi connectivity index (χ2v) is 18.4. The molecule has 4 fully saturated rings. The van der Waals surface area contributed by atoms with Gasteiger partial charge < -0.3 is 9.84 Å². The zero-order valence-electron chi connectivity index (χ0n) is 29.6. The van der Waals surface area contributed by atoms with Crippen LogP contribution in [0.2, 0.25) is 0 Å². The molecule has 0 saturated heterocycles. The van der Waals surface area contributed by atoms with Gasteiger partial charge in [0.2, 0.25) is 0 Å². The lowest BCUT2D eigenvalue weighted by Gasteiger charge is -2.71. The predicted octanol–water partition coefficient (Wildman–Crippen LogP) is 10.8. The number of unbranched alkanes of at least 4 members (excludes halogenated alkanes) is 6. The summed E-state index contributed by atoms with van der Waals surface area (Å²) >= 11 is 0. The highest BCUT2D eigenvalue weighted by molar-refractivity contribution is 5.69. The van der Waals surface area contributed by atoms with Crippen molar-refractivity contribution in [3.63, 3.8) is 0 Å². The van der Waals surface area contributed by atoms with Gasteiger partial charge in [-0.25, -0.2) is 0 Å². The van der Waals surface area contributed by atoms with Crippen LogP contribution in [0, 0.1) is 50.2 Å². The van der Waals surface area contributed by atoms with Crippen molar-refractivity contribution < 1.29 is 14.6 Å². The van der Waals surface area contributed by atoms with E-state index >= 15 is 0 Å². The van der Waals surface area contributed by atoms with Gasteiger partial charge in [-0.15, -0.1) is 0 Å². The number of aliphatic hydroxyl groups is 1. The Morgan fingerprint density at radius 1 is 0.837 bits per heavy atom. The molecule has 0 amide bonds. The molecule has 5 aliphatic carbocycles. The van der Waals surface area contributed by atoms with Crippen molar-refractivity contribution >= 4 is 5.97 Å². The smallest absolute Gasteiger partial charge is 0.306 e. The Balaban J connectivity index is 1.30. The van der Waals surface area contributed by atoms with Crippen LogP contribution in [0.15, 0.2) is 11.6 Å². The number of hydrogen-bond donors (Lipinski definition) is 1. The summed E-state index contributed by atoms with van der Waals surface area (Å²) in [5, 5.41) is 10.8. The molecule has 0 radical (unpaired) electrons. The summed E-state index contributed by atoms with van der Waals surface area (Å²) in [7, 11) is 0. The van der Waals surface area contributed by atoms with Crippen LogP contribution < -0.4 is 0 Å². The normalized spacial score (nSPS) is 43.0. The molecule has 0 bridgehead atoms. The van der Waals surface area contributed by atoms with Gasteiger partial charge in [0, 0.05) is 23.9 Å². The summed E-state index contributed by atoms with van der Waals surface area (Å²) in [5.74, 6) is 1.81. The lowest BCUT2D eigenvalue weighted by Crippen LogP contribution is -2.65. The summed E-state index contributed by atoms with van der Waals surface area (Å²) in [6.07, 6.45) is 23.9. The van der Waals surface area contributed by atoms with Crippen molar-refractivity contribution in [2.75, 3.05) is 6.61 Å². The van der Waals surface area contributed by atoms with E-state index in [0.717, 1.165) is 19.3 Å². The maximum atomic E-state index is 13.0. The first-order valence-corrected chi connectivity index (χ1v) is 18.7. The monoisotopic (exact) mass is 597 g/mol. The molecule has 246 valence electrons. The number of aliphatic hydroxyl groups excluding tert-OH is 1. The van der Waals surface area contributed by atoms with E-state index in [1.807, 2.05) is 0 Å². The lowest BCUT2D eigenvalue weighted by molar-refractivity contribution is -0.213. The van der Waals surface area contributed by atoms with Crippen LogP contribution in [0.3, 0.4) is 0 Å². The van der Waals surface area contributed by atoms with E-state index in [-0.39, 0.29) is 39.1 Å². The van der Waals surface area contributed by atoms with E-state index in [0.29, 0.717) is 36.2 Å². The summed E-state index contributed by atoms with van der Waals surface area (Å²) in [4.78, 5) is 13.0. The van der Waals surface area contributed by atoms with Gasteiger partial charge in [-0.2, -0.15) is 0 Å². The van der Waals surface area contributed by atoms with Crippen molar-refractivity contribution in [1.29, 1.82) is 0 Å². The quantitative estimate of drug-likeness (QED) is 0.155. The first kappa shape index (κ1) is 33.5. The Morgan fingerprint density at radius 2 is 1.51 bits per heavy atom. The largest absolute Gasteiger partial charge is 0.462 e. The number of carbonyl (C=O) groups excluding carboxylic acids is 1. The molecule has 3 heteroatoms. The van der Waals surface area contributed by atoms with Gasteiger partial charge in [-0.1, -0.05) is 106 Å². The molecule has 5 aliphatic rings. The van der Waals surface area contributed by atoms with Gasteiger partial charge >= 0.3 is 5.97 Å². The number of carbonyl (C=O) groups is 1. The van der Waals surface area contributed by atoms with Crippen LogP contribution in [0.1, 0.15) is 171 Å². The van der Waals surface area contributed by atoms with Gasteiger partial charge in [0.15, 0.2) is 0 Å². The first-order valence-electron chi connectivity index (χ1n) is 18.7. The van der Waals surface area contributed by atoms with Crippen molar-refractivity contribution in [2.24, 2.45) is 50.2 Å². The van der Waals surface area contributed by atoms with E-state index in [2.05, 4.69) is 61.5 Å². The van der Waals surface area contributed by atoms with E-state index in [1.54, 1.807) is 5.57 Å². The minimum Gasteiger partial charge on any atom is -0.462 e. The number of ether oxygens (including phenoxy) is 1. The summed E-state index contributed by atoms with van der Waals surface area (Å²) in [6.45, 7) is 20.3. The van der Waals surface area contributed by atoms with Gasteiger partial charge in [0.05, 0.1) is 0 Å². The highest BCUT2D eigenvalue weighted by atomic mass is 16.5. The molecule has 43 heavy (non-hydrogen) atoms. The molecule has 4 saturated carbocycles. The molecule has 0 aromatic rings. The van der Waals surface area contributed by atoms with Crippen LogP contribution in [0.5, 0.6) is 0 Å². The SMILES string of the molecule is CCCCCCCCCC(=O)OC1CC[C@]2(C)[C@H]3CC=C4[C@@H]5CC(C)(C)CC[C@]5(CO)CC[C@@]4(C)[C@]3(C)CC[C@H]2C1(C)C. The van der Waals surface area contributed by atoms with E-state index < -0.39 is 0 Å². The van der Waals surface area contributed by atoms with Gasteiger partial charge in [0.1, 0.15) is 6.10 Å². The number of allylic oxidation sites excluding steroid dienone is 2. The molecule has 5 rings (SSSR count). The van der Waals surface area contributed by atoms with Gasteiger partial charge in [-0.3, -0.25) is 4.79 Å². The standard InChI is InChI=1S/C40H68O3/c1-9-10-11-12-13-14-15-16-34(42)43-33-20-21-37(6)31(36(33,4)5)19-22-39(8)32(37)18-17-29-30-27-35(2,3)23-25-40(30,28-41)26-24-38(29,39)7/h17,30-33,41H,9-16,18-28H2,1-8H3/t30-,31-,32+,33?,37-,38+,39+,40+/m0/s1. The molecule has 1 N–H and O–H groups in total. The van der Waals surface area contributed by atoms with Crippen LogP contribution in [-0.4, -0.2) is 23.8 Å². The summed E-state index contributed by atoms with van der Waals surface area (Å²) in [5.41, 5.74) is 2.95. The Labute approximate surface area is 265 Å². The predicted molar refractivity (Wildman–Crippen MR) is 179 cm³/mol. The lowest BCUT2D eigenvalue weighted by atomic mass is 9.33. The molecule has 0 heterocycles. The maximum absolute atomic E-state index is 13.0. The molecular weight excluding hydrogens is 528 g/mol. The third-order valence-electron chi connectivity index (χ3n) is 15.3. The Hall–Kier alpha value is -0.830. The zero-order valence-corrected chi connectivity index (χ0v) is 29.6. The summed E-state index contributed by atoms with van der Waals surface area (Å²) < 4.78 is 6.34. The fraction of sp³-hybridized carbons (Fsp3) is 0.925. The molecular formula is C40H68O3. The van der Waals surface area contributed by atoms with E-state index in [4.69, 9.17) is 4.74 Å². The Kier molecular flexibility index (Phi) is 9.42. The molecule has 1 unspecified atom stereocenters. The van der Waals surface area contributed by atoms with Crippen LogP contribution in [0.25, 0.3) is 0 Å². The maximum Gasteiger partial charge on any atom is 0.306 e. The second kappa shape index (κ2) is 12.1. The molecule has 0 aromatic carbocycles. The van der Waals surface area contributed by atoms with Crippen molar-refractivity contribution in [2.45, 2.75) is 177 Å². The average Bonchev–Trinajstić information content (AvgIpc) is 2.94. The highest BCUT2D eigenvalue weighted by Crippen LogP contribution is 2.75. The Morgan fingerprint density at radius 3 is 2.21 bits per heavy atom. The fourth-order valence-electron chi connectivity index (χ4n) is 12.3. The Bertz CT molecular complexity index is 1040. The minimum atomic E-state index is 0.00103. The molecule has 0 spiro atoms.